The molecule has 1 aliphatic rings. The summed E-state index contributed by atoms with van der Waals surface area (Å²) in [6.07, 6.45) is 3.88. The van der Waals surface area contributed by atoms with E-state index in [1.54, 1.807) is 0 Å². The van der Waals surface area contributed by atoms with Gasteiger partial charge in [-0.15, -0.1) is 0 Å². The number of nitrogens with zero attached hydrogens (tertiary/aromatic N) is 1. The molecule has 0 radical (unpaired) electrons. The van der Waals surface area contributed by atoms with Crippen LogP contribution in [0.3, 0.4) is 0 Å². The molecular formula is C21H25FN+. The van der Waals surface area contributed by atoms with Crippen LogP contribution in [0.4, 0.5) is 4.39 Å². The van der Waals surface area contributed by atoms with Crippen molar-refractivity contribution in [1.82, 2.24) is 0 Å². The number of pyridine rings is 1. The summed E-state index contributed by atoms with van der Waals surface area (Å²) in [7, 11) is 0. The van der Waals surface area contributed by atoms with Gasteiger partial charge in [-0.1, -0.05) is 38.6 Å². The van der Waals surface area contributed by atoms with Gasteiger partial charge in [0, 0.05) is 18.6 Å². The topological polar surface area (TPSA) is 3.88 Å². The first-order chi connectivity index (χ1) is 11.1. The van der Waals surface area contributed by atoms with E-state index in [0.717, 1.165) is 24.2 Å². The average Bonchev–Trinajstić information content (AvgIpc) is 2.62. The molecule has 0 bridgehead atoms. The van der Waals surface area contributed by atoms with Crippen LogP contribution in [-0.2, 0) is 17.6 Å². The number of fused-ring (bicyclic) bond motifs is 3. The third kappa shape index (κ3) is 1.87. The molecule has 0 fully saturated rings. The third-order valence-electron chi connectivity index (χ3n) is 5.94. The Morgan fingerprint density at radius 2 is 1.83 bits per heavy atom. The van der Waals surface area contributed by atoms with Crippen LogP contribution >= 0.6 is 0 Å². The van der Waals surface area contributed by atoms with Crippen molar-refractivity contribution >= 4 is 0 Å². The maximum atomic E-state index is 13.8. The van der Waals surface area contributed by atoms with Gasteiger partial charge in [-0.05, 0) is 37.1 Å². The van der Waals surface area contributed by atoms with E-state index >= 15 is 0 Å². The SMILES string of the molecule is C=CC1(CC)[n+]2c(CF)cccc2-c2ccccc2C1(C)CC. The van der Waals surface area contributed by atoms with E-state index < -0.39 is 6.67 Å². The number of benzene rings is 1. The molecule has 2 unspecified atom stereocenters. The molecule has 1 aliphatic heterocycles. The van der Waals surface area contributed by atoms with E-state index in [0.29, 0.717) is 0 Å². The smallest absolute Gasteiger partial charge is 0.213 e. The highest BCUT2D eigenvalue weighted by atomic mass is 19.1. The van der Waals surface area contributed by atoms with E-state index in [-0.39, 0.29) is 11.0 Å². The molecule has 0 saturated heterocycles. The lowest BCUT2D eigenvalue weighted by molar-refractivity contribution is -0.763. The summed E-state index contributed by atoms with van der Waals surface area (Å²) in [5.41, 5.74) is 3.90. The van der Waals surface area contributed by atoms with Crippen molar-refractivity contribution in [3.8, 4) is 11.3 Å². The fourth-order valence-electron chi connectivity index (χ4n) is 4.51. The van der Waals surface area contributed by atoms with Crippen LogP contribution in [-0.4, -0.2) is 0 Å². The number of allylic oxidation sites excluding steroid dienone is 1. The summed E-state index contributed by atoms with van der Waals surface area (Å²) in [5.74, 6) is 0. The highest BCUT2D eigenvalue weighted by Gasteiger charge is 2.58. The van der Waals surface area contributed by atoms with Crippen molar-refractivity contribution in [3.63, 3.8) is 0 Å². The Hall–Kier alpha value is -1.96. The van der Waals surface area contributed by atoms with Crippen molar-refractivity contribution in [1.29, 1.82) is 0 Å². The van der Waals surface area contributed by atoms with Gasteiger partial charge in [0.25, 0.3) is 0 Å². The van der Waals surface area contributed by atoms with Gasteiger partial charge in [0.2, 0.25) is 11.4 Å². The maximum Gasteiger partial charge on any atom is 0.213 e. The largest absolute Gasteiger partial charge is 0.239 e. The molecule has 0 aliphatic carbocycles. The second-order valence-electron chi connectivity index (χ2n) is 6.58. The van der Waals surface area contributed by atoms with Crippen LogP contribution in [0, 0.1) is 0 Å². The first kappa shape index (κ1) is 15.9. The first-order valence-electron chi connectivity index (χ1n) is 8.43. The van der Waals surface area contributed by atoms with Crippen molar-refractivity contribution < 1.29 is 8.96 Å². The Labute approximate surface area is 138 Å². The quantitative estimate of drug-likeness (QED) is 0.547. The van der Waals surface area contributed by atoms with Gasteiger partial charge >= 0.3 is 0 Å². The second kappa shape index (κ2) is 5.59. The predicted molar refractivity (Wildman–Crippen MR) is 93.0 cm³/mol. The van der Waals surface area contributed by atoms with Gasteiger partial charge in [-0.25, -0.2) is 4.39 Å². The molecule has 1 aromatic carbocycles. The molecule has 2 heterocycles. The molecule has 1 nitrogen and oxygen atoms in total. The summed E-state index contributed by atoms with van der Waals surface area (Å²) < 4.78 is 16.0. The molecule has 0 saturated carbocycles. The lowest BCUT2D eigenvalue weighted by atomic mass is 9.60. The zero-order valence-electron chi connectivity index (χ0n) is 14.3. The molecule has 2 heteroatoms. The summed E-state index contributed by atoms with van der Waals surface area (Å²) in [4.78, 5) is 0. The van der Waals surface area contributed by atoms with Gasteiger partial charge in [-0.3, -0.25) is 0 Å². The fraction of sp³-hybridized carbons (Fsp3) is 0.381. The van der Waals surface area contributed by atoms with Crippen molar-refractivity contribution in [2.75, 3.05) is 0 Å². The van der Waals surface area contributed by atoms with Crippen molar-refractivity contribution in [2.24, 2.45) is 0 Å². The minimum absolute atomic E-state index is 0.122. The number of rotatable bonds is 4. The lowest BCUT2D eigenvalue weighted by Crippen LogP contribution is -2.69. The van der Waals surface area contributed by atoms with Gasteiger partial charge in [0.15, 0.2) is 12.2 Å². The van der Waals surface area contributed by atoms with Gasteiger partial charge < -0.3 is 0 Å². The molecule has 2 atom stereocenters. The third-order valence-corrected chi connectivity index (χ3v) is 5.94. The number of hydrogen-bond donors (Lipinski definition) is 0. The molecular weight excluding hydrogens is 285 g/mol. The number of hydrogen-bond acceptors (Lipinski definition) is 0. The van der Waals surface area contributed by atoms with Crippen LogP contribution in [0.5, 0.6) is 0 Å². The first-order valence-corrected chi connectivity index (χ1v) is 8.43. The second-order valence-corrected chi connectivity index (χ2v) is 6.58. The zero-order chi connectivity index (χ0) is 16.7. The Balaban J connectivity index is 2.51. The Kier molecular flexibility index (Phi) is 3.87. The summed E-state index contributed by atoms with van der Waals surface area (Å²) in [6.45, 7) is 10.4. The Morgan fingerprint density at radius 3 is 2.43 bits per heavy atom. The Bertz CT molecular complexity index is 751. The maximum absolute atomic E-state index is 13.8. The standard InChI is InChI=1S/C21H25FN/c1-5-20(4)18-13-9-8-12-17(18)19-14-10-11-16(15-22)23(19)21(20,6-2)7-3/h6,8-14H,2,5,7,15H2,1,3-4H3/q+1. The lowest BCUT2D eigenvalue weighted by Gasteiger charge is -2.46. The van der Waals surface area contributed by atoms with E-state index in [2.05, 4.69) is 62.2 Å². The molecule has 23 heavy (non-hydrogen) atoms. The molecule has 3 rings (SSSR count). The number of alkyl halides is 1. The van der Waals surface area contributed by atoms with Gasteiger partial charge in [-0.2, -0.15) is 4.57 Å². The van der Waals surface area contributed by atoms with E-state index in [1.165, 1.54) is 11.1 Å². The normalized spacial score (nSPS) is 25.6. The molecule has 120 valence electrons. The molecule has 0 amide bonds. The van der Waals surface area contributed by atoms with Crippen molar-refractivity contribution in [3.05, 3.63) is 66.4 Å². The minimum Gasteiger partial charge on any atom is -0.239 e. The summed E-state index contributed by atoms with van der Waals surface area (Å²) in [6, 6.07) is 14.5. The predicted octanol–water partition coefficient (Wildman–Crippen LogP) is 5.08. The minimum atomic E-state index is -0.467. The molecule has 0 spiro atoms. The zero-order valence-corrected chi connectivity index (χ0v) is 14.3. The highest BCUT2D eigenvalue weighted by Crippen LogP contribution is 2.50. The van der Waals surface area contributed by atoms with E-state index in [4.69, 9.17) is 0 Å². The molecule has 0 N–H and O–H groups in total. The Morgan fingerprint density at radius 1 is 1.09 bits per heavy atom. The van der Waals surface area contributed by atoms with Crippen LogP contribution in [0.2, 0.25) is 0 Å². The van der Waals surface area contributed by atoms with Gasteiger partial charge in [0.05, 0.1) is 11.0 Å². The summed E-state index contributed by atoms with van der Waals surface area (Å²) in [5, 5.41) is 0. The number of aromatic nitrogens is 1. The number of halogens is 1. The van der Waals surface area contributed by atoms with Crippen LogP contribution < -0.4 is 4.57 Å². The summed E-state index contributed by atoms with van der Waals surface area (Å²) >= 11 is 0. The van der Waals surface area contributed by atoms with Crippen LogP contribution in [0.25, 0.3) is 11.3 Å². The van der Waals surface area contributed by atoms with E-state index in [9.17, 15) is 4.39 Å². The molecule has 2 aromatic rings. The average molecular weight is 310 g/mol. The monoisotopic (exact) mass is 310 g/mol. The fourth-order valence-corrected chi connectivity index (χ4v) is 4.51. The molecule has 1 aromatic heterocycles. The van der Waals surface area contributed by atoms with Gasteiger partial charge in [0.1, 0.15) is 0 Å². The highest BCUT2D eigenvalue weighted by molar-refractivity contribution is 5.65. The van der Waals surface area contributed by atoms with Crippen LogP contribution in [0.1, 0.15) is 44.9 Å². The van der Waals surface area contributed by atoms with Crippen LogP contribution in [0.15, 0.2) is 55.1 Å². The van der Waals surface area contributed by atoms with E-state index in [1.807, 2.05) is 18.2 Å². The van der Waals surface area contributed by atoms with Crippen molar-refractivity contribution in [2.45, 2.75) is 51.2 Å².